The fourth-order valence-electron chi connectivity index (χ4n) is 2.66. The van der Waals surface area contributed by atoms with Gasteiger partial charge in [0.05, 0.1) is 16.7 Å². The standard InChI is InChI=1S/C17H15BrN4S/c1-10-6-7-12-13(8-10)21-17(20-12)23-9-14-16(18)22-11(2)4-3-5-15(22)19-14/h3-8H,9H2,1-2H3,(H,20,21). The summed E-state index contributed by atoms with van der Waals surface area (Å²) in [5.74, 6) is 0.764. The van der Waals surface area contributed by atoms with Crippen LogP contribution in [-0.4, -0.2) is 19.4 Å². The van der Waals surface area contributed by atoms with E-state index >= 15 is 0 Å². The number of halogens is 1. The number of imidazole rings is 2. The van der Waals surface area contributed by atoms with Crippen molar-refractivity contribution >= 4 is 44.4 Å². The molecule has 3 heterocycles. The highest BCUT2D eigenvalue weighted by Gasteiger charge is 2.12. The van der Waals surface area contributed by atoms with Gasteiger partial charge in [0.2, 0.25) is 0 Å². The minimum absolute atomic E-state index is 0.764. The molecule has 0 saturated heterocycles. The molecule has 4 nitrogen and oxygen atoms in total. The highest BCUT2D eigenvalue weighted by atomic mass is 79.9. The van der Waals surface area contributed by atoms with Crippen molar-refractivity contribution in [2.24, 2.45) is 0 Å². The van der Waals surface area contributed by atoms with Gasteiger partial charge in [0.15, 0.2) is 5.16 Å². The van der Waals surface area contributed by atoms with Crippen LogP contribution in [0.2, 0.25) is 0 Å². The van der Waals surface area contributed by atoms with Crippen molar-refractivity contribution in [1.29, 1.82) is 0 Å². The van der Waals surface area contributed by atoms with E-state index in [1.54, 1.807) is 11.8 Å². The number of aromatic nitrogens is 4. The second kappa shape index (κ2) is 5.69. The van der Waals surface area contributed by atoms with E-state index in [-0.39, 0.29) is 0 Å². The highest BCUT2D eigenvalue weighted by Crippen LogP contribution is 2.28. The summed E-state index contributed by atoms with van der Waals surface area (Å²) in [5.41, 5.74) is 6.47. The maximum absolute atomic E-state index is 4.71. The van der Waals surface area contributed by atoms with Crippen LogP contribution in [-0.2, 0) is 5.75 Å². The van der Waals surface area contributed by atoms with Crippen LogP contribution < -0.4 is 0 Å². The number of nitrogens with one attached hydrogen (secondary N) is 1. The molecular formula is C17H15BrN4S. The highest BCUT2D eigenvalue weighted by molar-refractivity contribution is 9.10. The van der Waals surface area contributed by atoms with Crippen LogP contribution in [0.3, 0.4) is 0 Å². The van der Waals surface area contributed by atoms with E-state index in [9.17, 15) is 0 Å². The van der Waals surface area contributed by atoms with Gasteiger partial charge in [-0.05, 0) is 59.6 Å². The van der Waals surface area contributed by atoms with Crippen LogP contribution in [0.5, 0.6) is 0 Å². The summed E-state index contributed by atoms with van der Waals surface area (Å²) in [5, 5.41) is 0.922. The minimum atomic E-state index is 0.764. The third-order valence-corrected chi connectivity index (χ3v) is 5.51. The van der Waals surface area contributed by atoms with E-state index in [2.05, 4.69) is 68.4 Å². The number of pyridine rings is 1. The number of H-pyrrole nitrogens is 1. The van der Waals surface area contributed by atoms with Crippen molar-refractivity contribution in [3.63, 3.8) is 0 Å². The molecule has 0 aliphatic rings. The van der Waals surface area contributed by atoms with Crippen molar-refractivity contribution in [1.82, 2.24) is 19.4 Å². The summed E-state index contributed by atoms with van der Waals surface area (Å²) in [6.07, 6.45) is 0. The third kappa shape index (κ3) is 2.66. The number of hydrogen-bond acceptors (Lipinski definition) is 3. The first-order chi connectivity index (χ1) is 11.1. The first-order valence-electron chi connectivity index (χ1n) is 7.33. The smallest absolute Gasteiger partial charge is 0.166 e. The molecule has 0 aliphatic heterocycles. The zero-order chi connectivity index (χ0) is 16.0. The van der Waals surface area contributed by atoms with E-state index in [1.165, 1.54) is 5.56 Å². The van der Waals surface area contributed by atoms with Gasteiger partial charge in [0, 0.05) is 11.4 Å². The molecule has 0 radical (unpaired) electrons. The summed E-state index contributed by atoms with van der Waals surface area (Å²) < 4.78 is 3.14. The molecular weight excluding hydrogens is 372 g/mol. The minimum Gasteiger partial charge on any atom is -0.333 e. The van der Waals surface area contributed by atoms with Gasteiger partial charge in [-0.15, -0.1) is 0 Å². The summed E-state index contributed by atoms with van der Waals surface area (Å²) >= 11 is 5.34. The Morgan fingerprint density at radius 3 is 2.87 bits per heavy atom. The van der Waals surface area contributed by atoms with Crippen LogP contribution in [0, 0.1) is 13.8 Å². The lowest BCUT2D eigenvalue weighted by Gasteiger charge is -2.00. The normalized spacial score (nSPS) is 11.6. The Labute approximate surface area is 146 Å². The molecule has 0 bridgehead atoms. The van der Waals surface area contributed by atoms with Gasteiger partial charge < -0.3 is 4.98 Å². The lowest BCUT2D eigenvalue weighted by molar-refractivity contribution is 1.06. The van der Waals surface area contributed by atoms with Crippen molar-refractivity contribution in [3.8, 4) is 0 Å². The maximum atomic E-state index is 4.71. The number of hydrogen-bond donors (Lipinski definition) is 1. The average Bonchev–Trinajstić information content (AvgIpc) is 3.06. The number of aryl methyl sites for hydroxylation is 2. The van der Waals surface area contributed by atoms with Crippen LogP contribution in [0.15, 0.2) is 46.2 Å². The van der Waals surface area contributed by atoms with E-state index < -0.39 is 0 Å². The molecule has 0 spiro atoms. The molecule has 0 unspecified atom stereocenters. The molecule has 0 aliphatic carbocycles. The Morgan fingerprint density at radius 2 is 2.04 bits per heavy atom. The predicted octanol–water partition coefficient (Wildman–Crippen LogP) is 4.88. The number of thioether (sulfide) groups is 1. The molecule has 0 fully saturated rings. The second-order valence-electron chi connectivity index (χ2n) is 5.56. The number of benzene rings is 1. The molecule has 4 aromatic rings. The average molecular weight is 387 g/mol. The predicted molar refractivity (Wildman–Crippen MR) is 98.0 cm³/mol. The fraction of sp³-hybridized carbons (Fsp3) is 0.176. The first-order valence-corrected chi connectivity index (χ1v) is 9.11. The van der Waals surface area contributed by atoms with E-state index in [4.69, 9.17) is 4.98 Å². The van der Waals surface area contributed by atoms with Crippen molar-refractivity contribution in [2.45, 2.75) is 24.8 Å². The molecule has 23 heavy (non-hydrogen) atoms. The van der Waals surface area contributed by atoms with Crippen LogP contribution in [0.4, 0.5) is 0 Å². The summed E-state index contributed by atoms with van der Waals surface area (Å²) in [6, 6.07) is 12.4. The van der Waals surface area contributed by atoms with Gasteiger partial charge in [-0.2, -0.15) is 0 Å². The maximum Gasteiger partial charge on any atom is 0.166 e. The molecule has 6 heteroatoms. The number of aromatic amines is 1. The van der Waals surface area contributed by atoms with E-state index in [1.807, 2.05) is 12.1 Å². The van der Waals surface area contributed by atoms with Crippen molar-refractivity contribution in [3.05, 3.63) is 58.0 Å². The molecule has 1 N–H and O–H groups in total. The molecule has 116 valence electrons. The van der Waals surface area contributed by atoms with E-state index in [0.29, 0.717) is 0 Å². The van der Waals surface area contributed by atoms with Crippen LogP contribution in [0.1, 0.15) is 17.0 Å². The Balaban J connectivity index is 1.63. The molecule has 0 atom stereocenters. The zero-order valence-corrected chi connectivity index (χ0v) is 15.2. The Bertz CT molecular complexity index is 1020. The quantitative estimate of drug-likeness (QED) is 0.510. The summed E-state index contributed by atoms with van der Waals surface area (Å²) in [4.78, 5) is 12.7. The van der Waals surface area contributed by atoms with Gasteiger partial charge in [-0.25, -0.2) is 9.97 Å². The third-order valence-electron chi connectivity index (χ3n) is 3.81. The van der Waals surface area contributed by atoms with E-state index in [0.717, 1.165) is 43.6 Å². The Kier molecular flexibility index (Phi) is 3.66. The SMILES string of the molecule is Cc1ccc2nc(SCc3nc4cccc(C)n4c3Br)[nH]c2c1. The second-order valence-corrected chi connectivity index (χ2v) is 7.28. The molecule has 0 saturated carbocycles. The largest absolute Gasteiger partial charge is 0.333 e. The van der Waals surface area contributed by atoms with Crippen LogP contribution >= 0.6 is 27.7 Å². The molecule has 4 rings (SSSR count). The molecule has 0 amide bonds. The van der Waals surface area contributed by atoms with Gasteiger partial charge in [-0.1, -0.05) is 23.9 Å². The van der Waals surface area contributed by atoms with Crippen LogP contribution in [0.25, 0.3) is 16.7 Å². The number of nitrogens with zero attached hydrogens (tertiary/aromatic N) is 3. The first kappa shape index (κ1) is 14.8. The topological polar surface area (TPSA) is 46.0 Å². The summed E-state index contributed by atoms with van der Waals surface area (Å²) in [7, 11) is 0. The van der Waals surface area contributed by atoms with Gasteiger partial charge in [0.1, 0.15) is 10.3 Å². The van der Waals surface area contributed by atoms with Gasteiger partial charge in [-0.3, -0.25) is 4.40 Å². The Morgan fingerprint density at radius 1 is 1.17 bits per heavy atom. The number of rotatable bonds is 3. The Hall–Kier alpha value is -1.79. The summed E-state index contributed by atoms with van der Waals surface area (Å²) in [6.45, 7) is 4.17. The molecule has 1 aromatic carbocycles. The fourth-order valence-corrected chi connectivity index (χ4v) is 4.35. The monoisotopic (exact) mass is 386 g/mol. The van der Waals surface area contributed by atoms with Crippen molar-refractivity contribution < 1.29 is 0 Å². The van der Waals surface area contributed by atoms with Crippen molar-refractivity contribution in [2.75, 3.05) is 0 Å². The number of fused-ring (bicyclic) bond motifs is 2. The van der Waals surface area contributed by atoms with Gasteiger partial charge in [0.25, 0.3) is 0 Å². The molecule has 3 aromatic heterocycles. The lowest BCUT2D eigenvalue weighted by Crippen LogP contribution is -1.90. The lowest BCUT2D eigenvalue weighted by atomic mass is 10.2. The zero-order valence-electron chi connectivity index (χ0n) is 12.8. The van der Waals surface area contributed by atoms with Gasteiger partial charge >= 0.3 is 0 Å².